The van der Waals surface area contributed by atoms with Gasteiger partial charge in [-0.05, 0) is 58.5 Å². The van der Waals surface area contributed by atoms with E-state index in [4.69, 9.17) is 18.9 Å². The lowest BCUT2D eigenvalue weighted by Crippen LogP contribution is -2.29. The Labute approximate surface area is 288 Å². The van der Waals surface area contributed by atoms with Gasteiger partial charge in [0.25, 0.3) is 0 Å². The van der Waals surface area contributed by atoms with Crippen LogP contribution < -0.4 is 9.47 Å². The molecule has 0 aromatic heterocycles. The van der Waals surface area contributed by atoms with E-state index in [9.17, 15) is 0 Å². The first-order chi connectivity index (χ1) is 21.8. The maximum Gasteiger partial charge on any atom is 0.126 e. The van der Waals surface area contributed by atoms with Crippen LogP contribution in [0, 0.1) is 0 Å². The molecule has 4 rings (SSSR count). The van der Waals surface area contributed by atoms with Crippen molar-refractivity contribution >= 4 is 0 Å². The maximum atomic E-state index is 6.79. The number of benzene rings is 2. The van der Waals surface area contributed by atoms with E-state index in [2.05, 4.69) is 121 Å². The van der Waals surface area contributed by atoms with Crippen molar-refractivity contribution in [2.75, 3.05) is 26.4 Å². The predicted molar refractivity (Wildman–Crippen MR) is 198 cm³/mol. The van der Waals surface area contributed by atoms with E-state index < -0.39 is 0 Å². The lowest BCUT2D eigenvalue weighted by atomic mass is 9.68. The molecule has 0 bridgehead atoms. The molecule has 2 aromatic rings. The van der Waals surface area contributed by atoms with Gasteiger partial charge < -0.3 is 18.9 Å². The molecule has 0 amide bonds. The molecule has 2 atom stereocenters. The van der Waals surface area contributed by atoms with E-state index >= 15 is 0 Å². The van der Waals surface area contributed by atoms with Crippen LogP contribution in [0.2, 0.25) is 0 Å². The predicted octanol–water partition coefficient (Wildman–Crippen LogP) is 11.1. The highest BCUT2D eigenvalue weighted by Gasteiger charge is 2.38. The van der Waals surface area contributed by atoms with Gasteiger partial charge in [0.15, 0.2) is 0 Å². The van der Waals surface area contributed by atoms with E-state index in [0.717, 1.165) is 63.2 Å². The molecule has 264 valence electrons. The zero-order valence-electron chi connectivity index (χ0n) is 32.7. The summed E-state index contributed by atoms with van der Waals surface area (Å²) in [5.41, 5.74) is 7.59. The largest absolute Gasteiger partial charge is 0.493 e. The molecule has 4 heteroatoms. The van der Waals surface area contributed by atoms with Crippen LogP contribution in [0.5, 0.6) is 11.5 Å². The van der Waals surface area contributed by atoms with Crippen LogP contribution in [0.3, 0.4) is 0 Å². The van der Waals surface area contributed by atoms with Crippen molar-refractivity contribution in [1.29, 1.82) is 0 Å². The molecule has 0 radical (unpaired) electrons. The second-order valence-electron chi connectivity index (χ2n) is 17.6. The average molecular weight is 649 g/mol. The Balaban J connectivity index is 1.96. The fourth-order valence-electron chi connectivity index (χ4n) is 6.28. The topological polar surface area (TPSA) is 43.5 Å². The van der Waals surface area contributed by atoms with E-state index in [1.807, 2.05) is 0 Å². The molecule has 0 aliphatic carbocycles. The normalized spacial score (nSPS) is 18.8. The molecule has 2 heterocycles. The van der Waals surface area contributed by atoms with E-state index in [-0.39, 0.29) is 27.1 Å². The molecule has 2 aliphatic heterocycles. The van der Waals surface area contributed by atoms with Crippen LogP contribution in [0.25, 0.3) is 0 Å². The summed E-state index contributed by atoms with van der Waals surface area (Å²) in [5.74, 6) is 2.18. The van der Waals surface area contributed by atoms with Crippen LogP contribution in [0.1, 0.15) is 169 Å². The molecule has 4 nitrogen and oxygen atoms in total. The first-order valence-corrected chi connectivity index (χ1v) is 18.7. The Hall–Kier alpha value is -2.04. The van der Waals surface area contributed by atoms with Gasteiger partial charge >= 0.3 is 0 Å². The van der Waals surface area contributed by atoms with Crippen LogP contribution in [0.4, 0.5) is 0 Å². The number of hydrogen-bond donors (Lipinski definition) is 0. The summed E-state index contributed by atoms with van der Waals surface area (Å²) in [4.78, 5) is 0. The summed E-state index contributed by atoms with van der Waals surface area (Å²) >= 11 is 0. The molecule has 0 N–H and O–H groups in total. The highest BCUT2D eigenvalue weighted by atomic mass is 16.6. The molecule has 2 fully saturated rings. The van der Waals surface area contributed by atoms with Crippen molar-refractivity contribution in [3.05, 3.63) is 57.6 Å². The van der Waals surface area contributed by atoms with E-state index in [1.165, 1.54) is 33.4 Å². The van der Waals surface area contributed by atoms with Crippen LogP contribution in [-0.2, 0) is 36.5 Å². The van der Waals surface area contributed by atoms with Gasteiger partial charge in [0.2, 0.25) is 0 Å². The van der Waals surface area contributed by atoms with Gasteiger partial charge in [-0.2, -0.15) is 0 Å². The van der Waals surface area contributed by atoms with Gasteiger partial charge in [-0.3, -0.25) is 0 Å². The Morgan fingerprint density at radius 3 is 0.979 bits per heavy atom. The van der Waals surface area contributed by atoms with Crippen LogP contribution in [0.15, 0.2) is 24.3 Å². The number of ether oxygens (including phenoxy) is 4. The summed E-state index contributed by atoms with van der Waals surface area (Å²) in [7, 11) is 0. The van der Waals surface area contributed by atoms with Crippen molar-refractivity contribution in [3.8, 4) is 11.5 Å². The van der Waals surface area contributed by atoms with Crippen molar-refractivity contribution in [2.24, 2.45) is 0 Å². The van der Waals surface area contributed by atoms with Crippen molar-refractivity contribution < 1.29 is 18.9 Å². The Kier molecular flexibility index (Phi) is 11.3. The number of epoxide rings is 2. The van der Waals surface area contributed by atoms with Crippen LogP contribution in [-0.4, -0.2) is 38.6 Å². The van der Waals surface area contributed by atoms with Gasteiger partial charge in [-0.1, -0.05) is 121 Å². The third-order valence-corrected chi connectivity index (χ3v) is 12.3. The monoisotopic (exact) mass is 649 g/mol. The first-order valence-electron chi connectivity index (χ1n) is 18.7. The second kappa shape index (κ2) is 14.1. The Bertz CT molecular complexity index is 1190. The molecule has 2 saturated heterocycles. The molecule has 0 spiro atoms. The minimum absolute atomic E-state index is 0.0379. The summed E-state index contributed by atoms with van der Waals surface area (Å²) in [5, 5.41) is 0. The fourth-order valence-corrected chi connectivity index (χ4v) is 6.28. The molecular formula is C43H68O4. The maximum absolute atomic E-state index is 6.79. The highest BCUT2D eigenvalue weighted by molar-refractivity contribution is 5.58. The quantitative estimate of drug-likeness (QED) is 0.151. The molecule has 2 unspecified atom stereocenters. The number of hydrogen-bond acceptors (Lipinski definition) is 4. The molecule has 2 aliphatic rings. The van der Waals surface area contributed by atoms with Gasteiger partial charge in [-0.25, -0.2) is 0 Å². The van der Waals surface area contributed by atoms with Crippen LogP contribution >= 0.6 is 0 Å². The van der Waals surface area contributed by atoms with Crippen molar-refractivity contribution in [1.82, 2.24) is 0 Å². The summed E-state index contributed by atoms with van der Waals surface area (Å²) in [6, 6.07) is 9.93. The fraction of sp³-hybridized carbons (Fsp3) is 0.721. The highest BCUT2D eigenvalue weighted by Crippen LogP contribution is 2.49. The van der Waals surface area contributed by atoms with Crippen molar-refractivity contribution in [3.63, 3.8) is 0 Å². The number of rotatable bonds is 18. The lowest BCUT2D eigenvalue weighted by molar-refractivity contribution is 0.268. The second-order valence-corrected chi connectivity index (χ2v) is 17.6. The smallest absolute Gasteiger partial charge is 0.126 e. The minimum Gasteiger partial charge on any atom is -0.493 e. The van der Waals surface area contributed by atoms with Gasteiger partial charge in [0, 0.05) is 40.5 Å². The summed E-state index contributed by atoms with van der Waals surface area (Å²) < 4.78 is 24.6. The zero-order valence-corrected chi connectivity index (χ0v) is 32.7. The lowest BCUT2D eigenvalue weighted by Gasteiger charge is -2.38. The van der Waals surface area contributed by atoms with E-state index in [0.29, 0.717) is 25.4 Å². The Morgan fingerprint density at radius 1 is 0.511 bits per heavy atom. The molecule has 0 saturated carbocycles. The zero-order chi connectivity index (χ0) is 35.0. The molecule has 47 heavy (non-hydrogen) atoms. The minimum atomic E-state index is -0.255. The van der Waals surface area contributed by atoms with Gasteiger partial charge in [0.1, 0.15) is 11.5 Å². The standard InChI is InChI=1S/C43H68O4/c1-15-39(5,6)33-23-29(24-34(40(7,8)16-2)37(33)44-21-19-31-27-46-31)43(13,14)30-25-35(41(9,10)17-3)38(45-22-20-32-28-47-32)36(26-30)42(11,12)18-4/h23-26,31-32H,15-22,27-28H2,1-14H3. The molecular weight excluding hydrogens is 580 g/mol. The summed E-state index contributed by atoms with van der Waals surface area (Å²) in [6.07, 6.45) is 6.74. The third-order valence-electron chi connectivity index (χ3n) is 12.3. The summed E-state index contributed by atoms with van der Waals surface area (Å²) in [6.45, 7) is 36.2. The van der Waals surface area contributed by atoms with Gasteiger partial charge in [-0.15, -0.1) is 0 Å². The SMILES string of the molecule is CCC(C)(C)c1cc(C(C)(C)c2cc(C(C)(C)CC)c(OCCC3CO3)c(C(C)(C)CC)c2)cc(C(C)(C)CC)c1OCCC1CO1. The van der Waals surface area contributed by atoms with Gasteiger partial charge in [0.05, 0.1) is 38.6 Å². The Morgan fingerprint density at radius 2 is 0.766 bits per heavy atom. The third kappa shape index (κ3) is 8.41. The average Bonchev–Trinajstić information content (AvgIpc) is 3.97. The van der Waals surface area contributed by atoms with Crippen molar-refractivity contribution in [2.45, 2.75) is 175 Å². The van der Waals surface area contributed by atoms with E-state index in [1.54, 1.807) is 0 Å². The molecule has 2 aromatic carbocycles. The first kappa shape index (κ1) is 37.8.